The van der Waals surface area contributed by atoms with E-state index in [9.17, 15) is 9.59 Å². The number of thiazole rings is 1. The van der Waals surface area contributed by atoms with E-state index >= 15 is 0 Å². The van der Waals surface area contributed by atoms with Gasteiger partial charge in [-0.05, 0) is 32.6 Å². The number of amides is 1. The molecule has 2 aromatic heterocycles. The molecule has 6 nitrogen and oxygen atoms in total. The number of hydrogen-bond donors (Lipinski definition) is 1. The Morgan fingerprint density at radius 2 is 2.50 bits per heavy atom. The first-order valence-electron chi connectivity index (χ1n) is 7.52. The standard InChI is InChI=1S/C15H19N3O3S/c1-10(4-5-11-3-2-7-21-11)17-13(19)12-9-16-15-18(14(12)20)6-8-22-15/h6,8-11H,2-5,7H2,1H3,(H,17,19). The summed E-state index contributed by atoms with van der Waals surface area (Å²) in [6.45, 7) is 2.79. The maximum Gasteiger partial charge on any atom is 0.271 e. The van der Waals surface area contributed by atoms with Crippen LogP contribution in [0.3, 0.4) is 0 Å². The van der Waals surface area contributed by atoms with Gasteiger partial charge < -0.3 is 10.1 Å². The molecule has 2 aromatic rings. The zero-order chi connectivity index (χ0) is 15.5. The molecule has 1 saturated heterocycles. The summed E-state index contributed by atoms with van der Waals surface area (Å²) in [5.41, 5.74) is -0.241. The number of nitrogens with one attached hydrogen (secondary N) is 1. The van der Waals surface area contributed by atoms with Crippen LogP contribution in [0, 0.1) is 0 Å². The second-order valence-corrected chi connectivity index (χ2v) is 6.49. The maximum absolute atomic E-state index is 12.2. The lowest BCUT2D eigenvalue weighted by Gasteiger charge is -2.16. The highest BCUT2D eigenvalue weighted by Gasteiger charge is 2.19. The van der Waals surface area contributed by atoms with E-state index < -0.39 is 0 Å². The van der Waals surface area contributed by atoms with Crippen molar-refractivity contribution in [3.05, 3.63) is 33.7 Å². The average Bonchev–Trinajstić information content (AvgIpc) is 3.17. The Hall–Kier alpha value is -1.73. The summed E-state index contributed by atoms with van der Waals surface area (Å²) in [6.07, 6.45) is 7.29. The lowest BCUT2D eigenvalue weighted by Crippen LogP contribution is -2.37. The van der Waals surface area contributed by atoms with Gasteiger partial charge in [-0.3, -0.25) is 14.0 Å². The molecule has 7 heteroatoms. The van der Waals surface area contributed by atoms with Crippen LogP contribution in [0.25, 0.3) is 4.96 Å². The molecule has 0 aromatic carbocycles. The van der Waals surface area contributed by atoms with Crippen molar-refractivity contribution in [3.8, 4) is 0 Å². The van der Waals surface area contributed by atoms with Gasteiger partial charge in [0.1, 0.15) is 5.56 Å². The molecule has 0 saturated carbocycles. The van der Waals surface area contributed by atoms with E-state index in [1.807, 2.05) is 6.92 Å². The second kappa shape index (κ2) is 6.58. The molecular weight excluding hydrogens is 302 g/mol. The van der Waals surface area contributed by atoms with E-state index in [2.05, 4.69) is 10.3 Å². The van der Waals surface area contributed by atoms with Crippen LogP contribution in [0.4, 0.5) is 0 Å². The van der Waals surface area contributed by atoms with Crippen LogP contribution in [0.15, 0.2) is 22.6 Å². The summed E-state index contributed by atoms with van der Waals surface area (Å²) in [7, 11) is 0. The van der Waals surface area contributed by atoms with Crippen molar-refractivity contribution in [2.24, 2.45) is 0 Å². The van der Waals surface area contributed by atoms with Gasteiger partial charge in [-0.1, -0.05) is 0 Å². The maximum atomic E-state index is 12.2. The highest BCUT2D eigenvalue weighted by Crippen LogP contribution is 2.17. The number of fused-ring (bicyclic) bond motifs is 1. The van der Waals surface area contributed by atoms with E-state index in [0.29, 0.717) is 11.1 Å². The largest absolute Gasteiger partial charge is 0.378 e. The molecule has 1 aliphatic rings. The van der Waals surface area contributed by atoms with E-state index in [1.165, 1.54) is 21.9 Å². The molecule has 2 atom stereocenters. The molecule has 3 heterocycles. The van der Waals surface area contributed by atoms with E-state index in [1.54, 1.807) is 11.6 Å². The first-order valence-corrected chi connectivity index (χ1v) is 8.40. The number of ether oxygens (including phenoxy) is 1. The molecule has 118 valence electrons. The van der Waals surface area contributed by atoms with Crippen molar-refractivity contribution in [3.63, 3.8) is 0 Å². The normalized spacial score (nSPS) is 19.4. The zero-order valence-corrected chi connectivity index (χ0v) is 13.3. The summed E-state index contributed by atoms with van der Waals surface area (Å²) in [4.78, 5) is 29.2. The molecule has 0 aliphatic carbocycles. The van der Waals surface area contributed by atoms with Gasteiger partial charge in [0, 0.05) is 30.4 Å². The van der Waals surface area contributed by atoms with Crippen LogP contribution < -0.4 is 10.9 Å². The smallest absolute Gasteiger partial charge is 0.271 e. The molecular formula is C15H19N3O3S. The summed E-state index contributed by atoms with van der Waals surface area (Å²) >= 11 is 1.36. The SMILES string of the molecule is CC(CCC1CCCO1)NC(=O)c1cnc2sccn2c1=O. The molecule has 1 fully saturated rings. The van der Waals surface area contributed by atoms with Gasteiger partial charge in [0.25, 0.3) is 11.5 Å². The minimum Gasteiger partial charge on any atom is -0.378 e. The number of aromatic nitrogens is 2. The predicted molar refractivity (Wildman–Crippen MR) is 84.5 cm³/mol. The molecule has 0 bridgehead atoms. The second-order valence-electron chi connectivity index (χ2n) is 5.62. The van der Waals surface area contributed by atoms with E-state index in [0.717, 1.165) is 32.3 Å². The minimum absolute atomic E-state index is 0.000674. The lowest BCUT2D eigenvalue weighted by atomic mass is 10.1. The highest BCUT2D eigenvalue weighted by atomic mass is 32.1. The number of carbonyl (C=O) groups is 1. The topological polar surface area (TPSA) is 72.7 Å². The van der Waals surface area contributed by atoms with Gasteiger partial charge in [0.05, 0.1) is 6.10 Å². The van der Waals surface area contributed by atoms with Crippen molar-refractivity contribution in [1.29, 1.82) is 0 Å². The van der Waals surface area contributed by atoms with Crippen LogP contribution in [0.2, 0.25) is 0 Å². The Morgan fingerprint density at radius 3 is 3.27 bits per heavy atom. The third-order valence-electron chi connectivity index (χ3n) is 3.91. The molecule has 1 N–H and O–H groups in total. The molecule has 1 amide bonds. The predicted octanol–water partition coefficient (Wildman–Crippen LogP) is 1.83. The van der Waals surface area contributed by atoms with Gasteiger partial charge in [0.2, 0.25) is 0 Å². The van der Waals surface area contributed by atoms with Crippen LogP contribution in [0.5, 0.6) is 0 Å². The summed E-state index contributed by atoms with van der Waals surface area (Å²) < 4.78 is 6.98. The van der Waals surface area contributed by atoms with Gasteiger partial charge >= 0.3 is 0 Å². The van der Waals surface area contributed by atoms with E-state index in [-0.39, 0.29) is 23.1 Å². The van der Waals surface area contributed by atoms with Crippen molar-refractivity contribution in [2.75, 3.05) is 6.61 Å². The monoisotopic (exact) mass is 321 g/mol. The fraction of sp³-hybridized carbons (Fsp3) is 0.533. The van der Waals surface area contributed by atoms with Crippen LogP contribution in [-0.2, 0) is 4.74 Å². The van der Waals surface area contributed by atoms with Crippen molar-refractivity contribution < 1.29 is 9.53 Å². The molecule has 2 unspecified atom stereocenters. The van der Waals surface area contributed by atoms with Crippen molar-refractivity contribution in [2.45, 2.75) is 44.8 Å². The van der Waals surface area contributed by atoms with Crippen LogP contribution >= 0.6 is 11.3 Å². The summed E-state index contributed by atoms with van der Waals surface area (Å²) in [6, 6.07) is -0.000674. The average molecular weight is 321 g/mol. The number of nitrogens with zero attached hydrogens (tertiary/aromatic N) is 2. The zero-order valence-electron chi connectivity index (χ0n) is 12.4. The Balaban J connectivity index is 1.62. The van der Waals surface area contributed by atoms with Gasteiger partial charge in [0.15, 0.2) is 4.96 Å². The fourth-order valence-electron chi connectivity index (χ4n) is 2.66. The minimum atomic E-state index is -0.363. The Bertz CT molecular complexity index is 718. The number of carbonyl (C=O) groups excluding carboxylic acids is 1. The Morgan fingerprint density at radius 1 is 1.64 bits per heavy atom. The molecule has 22 heavy (non-hydrogen) atoms. The first kappa shape index (κ1) is 15.2. The highest BCUT2D eigenvalue weighted by molar-refractivity contribution is 7.15. The van der Waals surface area contributed by atoms with E-state index in [4.69, 9.17) is 4.74 Å². The van der Waals surface area contributed by atoms with Crippen LogP contribution in [-0.4, -0.2) is 34.0 Å². The quantitative estimate of drug-likeness (QED) is 0.912. The molecule has 0 radical (unpaired) electrons. The molecule has 1 aliphatic heterocycles. The summed E-state index contributed by atoms with van der Waals surface area (Å²) in [5, 5.41) is 4.65. The molecule has 0 spiro atoms. The van der Waals surface area contributed by atoms with Gasteiger partial charge in [-0.2, -0.15) is 0 Å². The van der Waals surface area contributed by atoms with Gasteiger partial charge in [-0.25, -0.2) is 4.98 Å². The van der Waals surface area contributed by atoms with Crippen molar-refractivity contribution in [1.82, 2.24) is 14.7 Å². The fourth-order valence-corrected chi connectivity index (χ4v) is 3.34. The number of rotatable bonds is 5. The van der Waals surface area contributed by atoms with Crippen molar-refractivity contribution >= 4 is 22.2 Å². The molecule has 3 rings (SSSR count). The van der Waals surface area contributed by atoms with Crippen LogP contribution in [0.1, 0.15) is 43.0 Å². The Kier molecular flexibility index (Phi) is 4.54. The van der Waals surface area contributed by atoms with Gasteiger partial charge in [-0.15, -0.1) is 11.3 Å². The number of hydrogen-bond acceptors (Lipinski definition) is 5. The third-order valence-corrected chi connectivity index (χ3v) is 4.68. The first-order chi connectivity index (χ1) is 10.6. The summed E-state index contributed by atoms with van der Waals surface area (Å²) in [5.74, 6) is -0.363. The Labute approximate surface area is 132 Å². The lowest BCUT2D eigenvalue weighted by molar-refractivity contribution is 0.0898. The third kappa shape index (κ3) is 3.20.